The Labute approximate surface area is 169 Å². The summed E-state index contributed by atoms with van der Waals surface area (Å²) in [4.78, 5) is 27.5. The maximum absolute atomic E-state index is 12.7. The normalized spacial score (nSPS) is 13.6. The minimum absolute atomic E-state index is 0.0490. The van der Waals surface area contributed by atoms with E-state index in [0.717, 1.165) is 43.0 Å². The standard InChI is InChI=1S/C22H25N5O2/c1-13-19(15(3)28)14(2)23-20(13)22(29)24-17-10-8-16(9-11-17)21-26-25-18-7-5-4-6-12-27(18)21/h8-11,23H,4-7,12H2,1-3H3,(H,24,29). The second-order valence-electron chi connectivity index (χ2n) is 7.61. The lowest BCUT2D eigenvalue weighted by atomic mass is 10.1. The highest BCUT2D eigenvalue weighted by molar-refractivity contribution is 6.07. The highest BCUT2D eigenvalue weighted by Crippen LogP contribution is 2.25. The van der Waals surface area contributed by atoms with E-state index in [-0.39, 0.29) is 11.7 Å². The second kappa shape index (κ2) is 7.66. The largest absolute Gasteiger partial charge is 0.354 e. The summed E-state index contributed by atoms with van der Waals surface area (Å²) in [6.07, 6.45) is 4.49. The molecule has 0 saturated carbocycles. The van der Waals surface area contributed by atoms with Crippen LogP contribution in [0.5, 0.6) is 0 Å². The van der Waals surface area contributed by atoms with E-state index in [1.807, 2.05) is 24.3 Å². The maximum Gasteiger partial charge on any atom is 0.272 e. The number of H-pyrrole nitrogens is 1. The molecule has 1 aromatic carbocycles. The van der Waals surface area contributed by atoms with Crippen LogP contribution in [0.25, 0.3) is 11.4 Å². The number of ketones is 1. The second-order valence-corrected chi connectivity index (χ2v) is 7.61. The summed E-state index contributed by atoms with van der Waals surface area (Å²) in [7, 11) is 0. The summed E-state index contributed by atoms with van der Waals surface area (Å²) in [6, 6.07) is 7.63. The predicted octanol–water partition coefficient (Wildman–Crippen LogP) is 4.07. The van der Waals surface area contributed by atoms with Crippen LogP contribution in [0.2, 0.25) is 0 Å². The summed E-state index contributed by atoms with van der Waals surface area (Å²) in [6.45, 7) is 6.04. The molecule has 0 bridgehead atoms. The third-order valence-corrected chi connectivity index (χ3v) is 5.53. The molecule has 4 rings (SSSR count). The van der Waals surface area contributed by atoms with E-state index >= 15 is 0 Å². The molecular formula is C22H25N5O2. The summed E-state index contributed by atoms with van der Waals surface area (Å²) in [5.74, 6) is 1.62. The van der Waals surface area contributed by atoms with Crippen molar-refractivity contribution in [3.63, 3.8) is 0 Å². The van der Waals surface area contributed by atoms with Gasteiger partial charge in [-0.15, -0.1) is 10.2 Å². The van der Waals surface area contributed by atoms with Crippen molar-refractivity contribution in [1.29, 1.82) is 0 Å². The monoisotopic (exact) mass is 391 g/mol. The fourth-order valence-electron chi connectivity index (χ4n) is 4.10. The van der Waals surface area contributed by atoms with Gasteiger partial charge in [0.05, 0.1) is 0 Å². The lowest BCUT2D eigenvalue weighted by Gasteiger charge is -2.09. The third-order valence-electron chi connectivity index (χ3n) is 5.53. The van der Waals surface area contributed by atoms with Crippen LogP contribution in [0.3, 0.4) is 0 Å². The molecule has 2 N–H and O–H groups in total. The molecule has 1 aliphatic rings. The van der Waals surface area contributed by atoms with Crippen molar-refractivity contribution in [1.82, 2.24) is 19.7 Å². The topological polar surface area (TPSA) is 92.7 Å². The summed E-state index contributed by atoms with van der Waals surface area (Å²) < 4.78 is 2.20. The van der Waals surface area contributed by atoms with E-state index in [4.69, 9.17) is 0 Å². The average molecular weight is 391 g/mol. The number of carbonyl (C=O) groups excluding carboxylic acids is 2. The number of Topliss-reactive ketones (excluding diaryl/α,β-unsaturated/α-hetero) is 1. The van der Waals surface area contributed by atoms with Crippen molar-refractivity contribution in [3.8, 4) is 11.4 Å². The SMILES string of the molecule is CC(=O)c1c(C)[nH]c(C(=O)Nc2ccc(-c3nnc4n3CCCCC4)cc2)c1C. The van der Waals surface area contributed by atoms with Crippen molar-refractivity contribution < 1.29 is 9.59 Å². The fourth-order valence-corrected chi connectivity index (χ4v) is 4.10. The van der Waals surface area contributed by atoms with Crippen molar-refractivity contribution in [2.75, 3.05) is 5.32 Å². The van der Waals surface area contributed by atoms with Gasteiger partial charge in [-0.2, -0.15) is 0 Å². The number of rotatable bonds is 4. The third kappa shape index (κ3) is 3.60. The molecule has 7 nitrogen and oxygen atoms in total. The van der Waals surface area contributed by atoms with Gasteiger partial charge in [-0.1, -0.05) is 6.42 Å². The number of anilines is 1. The van der Waals surface area contributed by atoms with Crippen LogP contribution in [-0.2, 0) is 13.0 Å². The number of nitrogens with zero attached hydrogens (tertiary/aromatic N) is 3. The van der Waals surface area contributed by atoms with Crippen LogP contribution >= 0.6 is 0 Å². The van der Waals surface area contributed by atoms with E-state index < -0.39 is 0 Å². The Morgan fingerprint density at radius 1 is 1.07 bits per heavy atom. The van der Waals surface area contributed by atoms with Crippen LogP contribution in [0, 0.1) is 13.8 Å². The van der Waals surface area contributed by atoms with Crippen molar-refractivity contribution in [3.05, 3.63) is 52.6 Å². The Bertz CT molecular complexity index is 1080. The molecule has 0 atom stereocenters. The minimum Gasteiger partial charge on any atom is -0.354 e. The summed E-state index contributed by atoms with van der Waals surface area (Å²) >= 11 is 0. The quantitative estimate of drug-likeness (QED) is 0.656. The molecular weight excluding hydrogens is 366 g/mol. The Balaban J connectivity index is 1.54. The molecule has 0 fully saturated rings. The number of hydrogen-bond acceptors (Lipinski definition) is 4. The molecule has 0 unspecified atom stereocenters. The molecule has 0 aliphatic carbocycles. The summed E-state index contributed by atoms with van der Waals surface area (Å²) in [5, 5.41) is 11.6. The molecule has 150 valence electrons. The Morgan fingerprint density at radius 3 is 2.52 bits per heavy atom. The predicted molar refractivity (Wildman–Crippen MR) is 111 cm³/mol. The molecule has 3 aromatic rings. The molecule has 0 radical (unpaired) electrons. The van der Waals surface area contributed by atoms with Gasteiger partial charge in [0.25, 0.3) is 5.91 Å². The first-order valence-electron chi connectivity index (χ1n) is 9.99. The first kappa shape index (κ1) is 19.1. The minimum atomic E-state index is -0.262. The smallest absolute Gasteiger partial charge is 0.272 e. The van der Waals surface area contributed by atoms with Crippen molar-refractivity contribution in [2.24, 2.45) is 0 Å². The lowest BCUT2D eigenvalue weighted by Crippen LogP contribution is -2.14. The Kier molecular flexibility index (Phi) is 5.05. The highest BCUT2D eigenvalue weighted by atomic mass is 16.2. The molecule has 3 heterocycles. The number of nitrogens with one attached hydrogen (secondary N) is 2. The van der Waals surface area contributed by atoms with E-state index in [1.165, 1.54) is 13.3 Å². The van der Waals surface area contributed by atoms with Crippen LogP contribution in [0.15, 0.2) is 24.3 Å². The zero-order valence-corrected chi connectivity index (χ0v) is 17.0. The number of carbonyl (C=O) groups is 2. The lowest BCUT2D eigenvalue weighted by molar-refractivity contribution is 0.101. The van der Waals surface area contributed by atoms with E-state index in [0.29, 0.717) is 28.2 Å². The number of fused-ring (bicyclic) bond motifs is 1. The van der Waals surface area contributed by atoms with E-state index in [9.17, 15) is 9.59 Å². The van der Waals surface area contributed by atoms with Gasteiger partial charge in [-0.05, 0) is 63.4 Å². The van der Waals surface area contributed by atoms with Gasteiger partial charge in [0.15, 0.2) is 11.6 Å². The zero-order chi connectivity index (χ0) is 20.5. The first-order valence-corrected chi connectivity index (χ1v) is 9.99. The van der Waals surface area contributed by atoms with Gasteiger partial charge in [0.2, 0.25) is 0 Å². The van der Waals surface area contributed by atoms with Gasteiger partial charge in [-0.25, -0.2) is 0 Å². The average Bonchev–Trinajstić information content (AvgIpc) is 3.13. The van der Waals surface area contributed by atoms with Gasteiger partial charge in [-0.3, -0.25) is 9.59 Å². The molecule has 7 heteroatoms. The Hall–Kier alpha value is -3.22. The molecule has 0 saturated heterocycles. The number of aryl methyl sites for hydroxylation is 2. The van der Waals surface area contributed by atoms with Crippen LogP contribution in [0.1, 0.15) is 64.1 Å². The number of aromatic nitrogens is 4. The molecule has 29 heavy (non-hydrogen) atoms. The van der Waals surface area contributed by atoms with Crippen LogP contribution in [0.4, 0.5) is 5.69 Å². The molecule has 1 amide bonds. The number of benzene rings is 1. The first-order chi connectivity index (χ1) is 14.0. The van der Waals surface area contributed by atoms with Crippen LogP contribution in [-0.4, -0.2) is 31.4 Å². The fraction of sp³-hybridized carbons (Fsp3) is 0.364. The van der Waals surface area contributed by atoms with Gasteiger partial charge in [0.1, 0.15) is 11.5 Å². The number of aromatic amines is 1. The Morgan fingerprint density at radius 2 is 1.83 bits per heavy atom. The van der Waals surface area contributed by atoms with Crippen molar-refractivity contribution >= 4 is 17.4 Å². The zero-order valence-electron chi connectivity index (χ0n) is 17.0. The number of hydrogen-bond donors (Lipinski definition) is 2. The van der Waals surface area contributed by atoms with Crippen LogP contribution < -0.4 is 5.32 Å². The number of amides is 1. The molecule has 1 aliphatic heterocycles. The highest BCUT2D eigenvalue weighted by Gasteiger charge is 2.20. The molecule has 2 aromatic heterocycles. The molecule has 0 spiro atoms. The van der Waals surface area contributed by atoms with E-state index in [1.54, 1.807) is 13.8 Å². The van der Waals surface area contributed by atoms with E-state index in [2.05, 4.69) is 25.1 Å². The van der Waals surface area contributed by atoms with Gasteiger partial charge >= 0.3 is 0 Å². The van der Waals surface area contributed by atoms with Gasteiger partial charge < -0.3 is 14.9 Å². The van der Waals surface area contributed by atoms with Crippen molar-refractivity contribution in [2.45, 2.75) is 53.0 Å². The van der Waals surface area contributed by atoms with Gasteiger partial charge in [0, 0.05) is 35.5 Å². The maximum atomic E-state index is 12.7. The summed E-state index contributed by atoms with van der Waals surface area (Å²) in [5.41, 5.74) is 4.05.